The van der Waals surface area contributed by atoms with Gasteiger partial charge in [0.2, 0.25) is 0 Å². The topological polar surface area (TPSA) is 29.5 Å². The lowest BCUT2D eigenvalue weighted by molar-refractivity contribution is 0.282. The predicted octanol–water partition coefficient (Wildman–Crippen LogP) is 4.93. The average molecular weight is 284 g/mol. The summed E-state index contributed by atoms with van der Waals surface area (Å²) >= 11 is 0. The number of fused-ring (bicyclic) bond motifs is 1. The van der Waals surface area contributed by atoms with Gasteiger partial charge in [-0.25, -0.2) is 0 Å². The molecule has 0 saturated heterocycles. The quantitative estimate of drug-likeness (QED) is 0.696. The van der Waals surface area contributed by atoms with Crippen molar-refractivity contribution in [3.8, 4) is 5.75 Å². The Labute approximate surface area is 127 Å². The SMILES string of the molecule is C=Cc1c(CO)ccc2cc(OCCCCCC)ccc12. The summed E-state index contributed by atoms with van der Waals surface area (Å²) in [6, 6.07) is 10.1. The Balaban J connectivity index is 2.13. The van der Waals surface area contributed by atoms with E-state index in [-0.39, 0.29) is 6.61 Å². The van der Waals surface area contributed by atoms with E-state index < -0.39 is 0 Å². The zero-order chi connectivity index (χ0) is 15.1. The zero-order valence-electron chi connectivity index (χ0n) is 12.8. The third-order valence-electron chi connectivity index (χ3n) is 3.76. The maximum atomic E-state index is 9.38. The van der Waals surface area contributed by atoms with Crippen LogP contribution >= 0.6 is 0 Å². The molecule has 2 rings (SSSR count). The summed E-state index contributed by atoms with van der Waals surface area (Å²) in [6.07, 6.45) is 6.65. The molecule has 0 saturated carbocycles. The van der Waals surface area contributed by atoms with E-state index in [9.17, 15) is 5.11 Å². The van der Waals surface area contributed by atoms with Crippen LogP contribution in [0.15, 0.2) is 36.9 Å². The van der Waals surface area contributed by atoms with Crippen LogP contribution in [0.2, 0.25) is 0 Å². The first-order chi connectivity index (χ1) is 10.3. The number of rotatable bonds is 8. The van der Waals surface area contributed by atoms with Crippen LogP contribution in [0.4, 0.5) is 0 Å². The minimum Gasteiger partial charge on any atom is -0.494 e. The molecule has 0 unspecified atom stereocenters. The highest BCUT2D eigenvalue weighted by Crippen LogP contribution is 2.27. The molecule has 0 heterocycles. The molecule has 2 aromatic carbocycles. The number of hydrogen-bond acceptors (Lipinski definition) is 2. The largest absolute Gasteiger partial charge is 0.494 e. The van der Waals surface area contributed by atoms with E-state index in [2.05, 4.69) is 19.6 Å². The highest BCUT2D eigenvalue weighted by atomic mass is 16.5. The molecule has 2 nitrogen and oxygen atoms in total. The van der Waals surface area contributed by atoms with Gasteiger partial charge in [0, 0.05) is 0 Å². The fraction of sp³-hybridized carbons (Fsp3) is 0.368. The minimum absolute atomic E-state index is 0.0347. The molecule has 0 atom stereocenters. The molecule has 0 radical (unpaired) electrons. The van der Waals surface area contributed by atoms with E-state index in [1.54, 1.807) is 6.08 Å². The summed E-state index contributed by atoms with van der Waals surface area (Å²) in [4.78, 5) is 0. The molecule has 0 aliphatic carbocycles. The molecule has 0 aliphatic rings. The molecule has 0 aromatic heterocycles. The van der Waals surface area contributed by atoms with Crippen molar-refractivity contribution < 1.29 is 9.84 Å². The van der Waals surface area contributed by atoms with Gasteiger partial charge in [-0.1, -0.05) is 57.0 Å². The smallest absolute Gasteiger partial charge is 0.119 e. The van der Waals surface area contributed by atoms with E-state index in [1.807, 2.05) is 24.3 Å². The fourth-order valence-corrected chi connectivity index (χ4v) is 2.56. The normalized spacial score (nSPS) is 10.8. The van der Waals surface area contributed by atoms with Crippen LogP contribution in [0.1, 0.15) is 43.7 Å². The van der Waals surface area contributed by atoms with E-state index in [0.29, 0.717) is 0 Å². The Bertz CT molecular complexity index is 602. The van der Waals surface area contributed by atoms with Gasteiger partial charge in [0.15, 0.2) is 0 Å². The number of ether oxygens (including phenoxy) is 1. The van der Waals surface area contributed by atoms with Gasteiger partial charge in [-0.2, -0.15) is 0 Å². The Morgan fingerprint density at radius 1 is 1.14 bits per heavy atom. The van der Waals surface area contributed by atoms with E-state index in [4.69, 9.17) is 4.74 Å². The van der Waals surface area contributed by atoms with Crippen molar-refractivity contribution >= 4 is 16.8 Å². The molecular formula is C19H24O2. The molecule has 2 aromatic rings. The lowest BCUT2D eigenvalue weighted by Gasteiger charge is -2.11. The Morgan fingerprint density at radius 3 is 2.71 bits per heavy atom. The molecule has 112 valence electrons. The van der Waals surface area contributed by atoms with Gasteiger partial charge in [-0.3, -0.25) is 0 Å². The molecule has 0 amide bonds. The van der Waals surface area contributed by atoms with Crippen molar-refractivity contribution in [2.75, 3.05) is 6.61 Å². The lowest BCUT2D eigenvalue weighted by Crippen LogP contribution is -1.97. The van der Waals surface area contributed by atoms with Crippen LogP contribution in [-0.2, 0) is 6.61 Å². The molecular weight excluding hydrogens is 260 g/mol. The van der Waals surface area contributed by atoms with Crippen molar-refractivity contribution in [3.05, 3.63) is 48.0 Å². The second kappa shape index (κ2) is 7.84. The number of benzene rings is 2. The maximum Gasteiger partial charge on any atom is 0.119 e. The van der Waals surface area contributed by atoms with Gasteiger partial charge in [0.25, 0.3) is 0 Å². The summed E-state index contributed by atoms with van der Waals surface area (Å²) in [6.45, 7) is 6.87. The Hall–Kier alpha value is -1.80. The maximum absolute atomic E-state index is 9.38. The summed E-state index contributed by atoms with van der Waals surface area (Å²) in [5.74, 6) is 0.908. The van der Waals surface area contributed by atoms with Crippen molar-refractivity contribution in [1.82, 2.24) is 0 Å². The highest BCUT2D eigenvalue weighted by molar-refractivity contribution is 5.92. The fourth-order valence-electron chi connectivity index (χ4n) is 2.56. The van der Waals surface area contributed by atoms with Crippen LogP contribution in [-0.4, -0.2) is 11.7 Å². The molecule has 21 heavy (non-hydrogen) atoms. The summed E-state index contributed by atoms with van der Waals surface area (Å²) in [5.41, 5.74) is 1.91. The van der Waals surface area contributed by atoms with Gasteiger partial charge in [0.1, 0.15) is 5.75 Å². The van der Waals surface area contributed by atoms with Gasteiger partial charge >= 0.3 is 0 Å². The standard InChI is InChI=1S/C19H24O2/c1-3-5-6-7-12-21-17-10-11-19-15(13-17)8-9-16(14-20)18(19)4-2/h4,8-11,13,20H,2-3,5-7,12,14H2,1H3. The third kappa shape index (κ3) is 3.85. The third-order valence-corrected chi connectivity index (χ3v) is 3.76. The predicted molar refractivity (Wildman–Crippen MR) is 89.6 cm³/mol. The zero-order valence-corrected chi connectivity index (χ0v) is 12.8. The number of hydrogen-bond donors (Lipinski definition) is 1. The van der Waals surface area contributed by atoms with Crippen molar-refractivity contribution in [2.45, 2.75) is 39.2 Å². The number of unbranched alkanes of at least 4 members (excludes halogenated alkanes) is 3. The van der Waals surface area contributed by atoms with Crippen molar-refractivity contribution in [2.24, 2.45) is 0 Å². The molecule has 0 fully saturated rings. The average Bonchev–Trinajstić information content (AvgIpc) is 2.53. The van der Waals surface area contributed by atoms with Gasteiger partial charge in [0.05, 0.1) is 13.2 Å². The van der Waals surface area contributed by atoms with Crippen LogP contribution < -0.4 is 4.74 Å². The van der Waals surface area contributed by atoms with Gasteiger partial charge < -0.3 is 9.84 Å². The molecule has 0 bridgehead atoms. The Morgan fingerprint density at radius 2 is 2.00 bits per heavy atom. The highest BCUT2D eigenvalue weighted by Gasteiger charge is 2.05. The first kappa shape index (κ1) is 15.6. The molecule has 1 N–H and O–H groups in total. The summed E-state index contributed by atoms with van der Waals surface area (Å²) in [5, 5.41) is 11.6. The lowest BCUT2D eigenvalue weighted by atomic mass is 9.99. The molecule has 0 spiro atoms. The monoisotopic (exact) mass is 284 g/mol. The second-order valence-electron chi connectivity index (χ2n) is 5.29. The van der Waals surface area contributed by atoms with E-state index in [0.717, 1.165) is 40.7 Å². The summed E-state index contributed by atoms with van der Waals surface area (Å²) in [7, 11) is 0. The second-order valence-corrected chi connectivity index (χ2v) is 5.29. The first-order valence-corrected chi connectivity index (χ1v) is 7.72. The molecule has 0 aliphatic heterocycles. The van der Waals surface area contributed by atoms with Crippen molar-refractivity contribution in [1.29, 1.82) is 0 Å². The first-order valence-electron chi connectivity index (χ1n) is 7.72. The number of aliphatic hydroxyl groups excluding tert-OH is 1. The van der Waals surface area contributed by atoms with E-state index in [1.165, 1.54) is 19.3 Å². The van der Waals surface area contributed by atoms with Crippen LogP contribution in [0.5, 0.6) is 5.75 Å². The Kier molecular flexibility index (Phi) is 5.82. The van der Waals surface area contributed by atoms with Crippen LogP contribution in [0, 0.1) is 0 Å². The van der Waals surface area contributed by atoms with Gasteiger partial charge in [-0.05, 0) is 40.5 Å². The number of aliphatic hydroxyl groups is 1. The minimum atomic E-state index is 0.0347. The van der Waals surface area contributed by atoms with Crippen LogP contribution in [0.3, 0.4) is 0 Å². The van der Waals surface area contributed by atoms with Crippen molar-refractivity contribution in [3.63, 3.8) is 0 Å². The van der Waals surface area contributed by atoms with E-state index >= 15 is 0 Å². The summed E-state index contributed by atoms with van der Waals surface area (Å²) < 4.78 is 5.82. The van der Waals surface area contributed by atoms with Crippen LogP contribution in [0.25, 0.3) is 16.8 Å². The molecule has 2 heteroatoms. The van der Waals surface area contributed by atoms with Gasteiger partial charge in [-0.15, -0.1) is 0 Å².